The minimum absolute atomic E-state index is 0.0412. The Morgan fingerprint density at radius 1 is 1.15 bits per heavy atom. The number of thioether (sulfide) groups is 1. The largest absolute Gasteiger partial charge is 0.497 e. The summed E-state index contributed by atoms with van der Waals surface area (Å²) in [4.78, 5) is 12.3. The fourth-order valence-electron chi connectivity index (χ4n) is 2.70. The second-order valence-electron chi connectivity index (χ2n) is 6.05. The normalized spacial score (nSPS) is 11.8. The molecular formula is C20H22N4O2S. The first kappa shape index (κ1) is 19.0. The van der Waals surface area contributed by atoms with Gasteiger partial charge >= 0.3 is 0 Å². The van der Waals surface area contributed by atoms with Crippen LogP contribution in [0.15, 0.2) is 59.8 Å². The monoisotopic (exact) mass is 382 g/mol. The number of hydrogen-bond acceptors (Lipinski definition) is 5. The third-order valence-electron chi connectivity index (χ3n) is 4.14. The summed E-state index contributed by atoms with van der Waals surface area (Å²) in [7, 11) is 1.63. The molecule has 3 aromatic rings. The van der Waals surface area contributed by atoms with Gasteiger partial charge in [-0.05, 0) is 43.7 Å². The molecule has 0 bridgehead atoms. The zero-order valence-electron chi connectivity index (χ0n) is 15.5. The molecule has 3 rings (SSSR count). The number of nitrogens with one attached hydrogen (secondary N) is 1. The van der Waals surface area contributed by atoms with Gasteiger partial charge in [-0.2, -0.15) is 0 Å². The van der Waals surface area contributed by atoms with Crippen LogP contribution in [0.1, 0.15) is 24.4 Å². The highest BCUT2D eigenvalue weighted by Crippen LogP contribution is 2.23. The van der Waals surface area contributed by atoms with Crippen LogP contribution in [0.3, 0.4) is 0 Å². The average Bonchev–Trinajstić information content (AvgIpc) is 3.07. The van der Waals surface area contributed by atoms with Gasteiger partial charge in [0.1, 0.15) is 11.6 Å². The standard InChI is InChI=1S/C20H22N4O2S/c1-14(16-7-5-4-6-8-16)21-19(25)13-27-20-23-22-15(2)24(20)17-9-11-18(26-3)12-10-17/h4-12,14H,13H2,1-3H3,(H,21,25). The van der Waals surface area contributed by atoms with E-state index in [-0.39, 0.29) is 17.7 Å². The molecule has 2 aromatic carbocycles. The number of benzene rings is 2. The van der Waals surface area contributed by atoms with E-state index in [1.807, 2.05) is 73.0 Å². The molecule has 0 saturated heterocycles. The first-order chi connectivity index (χ1) is 13.1. The highest BCUT2D eigenvalue weighted by molar-refractivity contribution is 7.99. The summed E-state index contributed by atoms with van der Waals surface area (Å²) >= 11 is 1.36. The molecular weight excluding hydrogens is 360 g/mol. The first-order valence-corrected chi connectivity index (χ1v) is 9.60. The number of nitrogens with zero attached hydrogens (tertiary/aromatic N) is 3. The second-order valence-corrected chi connectivity index (χ2v) is 6.99. The maximum absolute atomic E-state index is 12.3. The predicted molar refractivity (Wildman–Crippen MR) is 106 cm³/mol. The maximum Gasteiger partial charge on any atom is 0.230 e. The molecule has 0 saturated carbocycles. The SMILES string of the molecule is COc1ccc(-n2c(C)nnc2SCC(=O)NC(C)c2ccccc2)cc1. The van der Waals surface area contributed by atoms with Crippen molar-refractivity contribution >= 4 is 17.7 Å². The number of ether oxygens (including phenoxy) is 1. The Labute approximate surface area is 163 Å². The van der Waals surface area contributed by atoms with Gasteiger partial charge in [0.15, 0.2) is 5.16 Å². The molecule has 0 fully saturated rings. The van der Waals surface area contributed by atoms with Crippen LogP contribution in [0, 0.1) is 6.92 Å². The molecule has 0 aliphatic heterocycles. The van der Waals surface area contributed by atoms with Crippen LogP contribution in [0.4, 0.5) is 0 Å². The average molecular weight is 382 g/mol. The van der Waals surface area contributed by atoms with Crippen molar-refractivity contribution in [2.75, 3.05) is 12.9 Å². The highest BCUT2D eigenvalue weighted by Gasteiger charge is 2.15. The molecule has 27 heavy (non-hydrogen) atoms. The van der Waals surface area contributed by atoms with Crippen LogP contribution in [-0.4, -0.2) is 33.5 Å². The zero-order chi connectivity index (χ0) is 19.2. The number of hydrogen-bond donors (Lipinski definition) is 1. The van der Waals surface area contributed by atoms with Crippen LogP contribution >= 0.6 is 11.8 Å². The fraction of sp³-hybridized carbons (Fsp3) is 0.250. The first-order valence-electron chi connectivity index (χ1n) is 8.62. The van der Waals surface area contributed by atoms with Gasteiger partial charge in [-0.1, -0.05) is 42.1 Å². The fourth-order valence-corrected chi connectivity index (χ4v) is 3.51. The second kappa shape index (κ2) is 8.73. The van der Waals surface area contributed by atoms with E-state index in [1.165, 1.54) is 11.8 Å². The molecule has 1 N–H and O–H groups in total. The number of amides is 1. The quantitative estimate of drug-likeness (QED) is 0.633. The Bertz CT molecular complexity index is 894. The third kappa shape index (κ3) is 4.68. The Morgan fingerprint density at radius 3 is 2.52 bits per heavy atom. The van der Waals surface area contributed by atoms with Crippen molar-refractivity contribution < 1.29 is 9.53 Å². The summed E-state index contributed by atoms with van der Waals surface area (Å²) in [5, 5.41) is 12.1. The number of carbonyl (C=O) groups is 1. The smallest absolute Gasteiger partial charge is 0.230 e. The van der Waals surface area contributed by atoms with Crippen molar-refractivity contribution in [2.45, 2.75) is 25.0 Å². The van der Waals surface area contributed by atoms with Gasteiger partial charge in [-0.25, -0.2) is 0 Å². The molecule has 6 nitrogen and oxygen atoms in total. The van der Waals surface area contributed by atoms with E-state index in [4.69, 9.17) is 4.74 Å². The van der Waals surface area contributed by atoms with Crippen LogP contribution in [0.5, 0.6) is 5.75 Å². The molecule has 0 aliphatic carbocycles. The van der Waals surface area contributed by atoms with Crippen molar-refractivity contribution in [1.82, 2.24) is 20.1 Å². The van der Waals surface area contributed by atoms with Crippen molar-refractivity contribution in [3.8, 4) is 11.4 Å². The van der Waals surface area contributed by atoms with E-state index >= 15 is 0 Å². The third-order valence-corrected chi connectivity index (χ3v) is 5.06. The van der Waals surface area contributed by atoms with E-state index < -0.39 is 0 Å². The van der Waals surface area contributed by atoms with E-state index in [0.717, 1.165) is 22.8 Å². The van der Waals surface area contributed by atoms with Crippen LogP contribution in [-0.2, 0) is 4.79 Å². The van der Waals surface area contributed by atoms with Gasteiger partial charge in [-0.15, -0.1) is 10.2 Å². The highest BCUT2D eigenvalue weighted by atomic mass is 32.2. The van der Waals surface area contributed by atoms with Gasteiger partial charge in [0, 0.05) is 5.69 Å². The lowest BCUT2D eigenvalue weighted by Gasteiger charge is -2.14. The number of methoxy groups -OCH3 is 1. The van der Waals surface area contributed by atoms with E-state index in [9.17, 15) is 4.79 Å². The lowest BCUT2D eigenvalue weighted by atomic mass is 10.1. The van der Waals surface area contributed by atoms with Gasteiger partial charge in [-0.3, -0.25) is 9.36 Å². The van der Waals surface area contributed by atoms with Gasteiger partial charge in [0.25, 0.3) is 0 Å². The van der Waals surface area contributed by atoms with Crippen molar-refractivity contribution in [2.24, 2.45) is 0 Å². The van der Waals surface area contributed by atoms with E-state index in [1.54, 1.807) is 7.11 Å². The molecule has 1 heterocycles. The molecule has 7 heteroatoms. The summed E-state index contributed by atoms with van der Waals surface area (Å²) in [5.41, 5.74) is 2.01. The lowest BCUT2D eigenvalue weighted by molar-refractivity contribution is -0.119. The van der Waals surface area contributed by atoms with E-state index in [0.29, 0.717) is 5.16 Å². The maximum atomic E-state index is 12.3. The summed E-state index contributed by atoms with van der Waals surface area (Å²) < 4.78 is 7.13. The summed E-state index contributed by atoms with van der Waals surface area (Å²) in [6, 6.07) is 17.5. The van der Waals surface area contributed by atoms with Crippen LogP contribution in [0.25, 0.3) is 5.69 Å². The predicted octanol–water partition coefficient (Wildman–Crippen LogP) is 3.55. The minimum Gasteiger partial charge on any atom is -0.497 e. The number of carbonyl (C=O) groups excluding carboxylic acids is 1. The van der Waals surface area contributed by atoms with Crippen molar-refractivity contribution in [3.63, 3.8) is 0 Å². The summed E-state index contributed by atoms with van der Waals surface area (Å²) in [5.74, 6) is 1.78. The zero-order valence-corrected chi connectivity index (χ0v) is 16.4. The summed E-state index contributed by atoms with van der Waals surface area (Å²) in [6.07, 6.45) is 0. The minimum atomic E-state index is -0.0433. The van der Waals surface area contributed by atoms with Crippen molar-refractivity contribution in [3.05, 3.63) is 66.0 Å². The lowest BCUT2D eigenvalue weighted by Crippen LogP contribution is -2.28. The molecule has 140 valence electrons. The van der Waals surface area contributed by atoms with Gasteiger partial charge in [0.2, 0.25) is 5.91 Å². The molecule has 1 aromatic heterocycles. The number of rotatable bonds is 7. The Hall–Kier alpha value is -2.80. The molecule has 1 amide bonds. The molecule has 0 aliphatic rings. The Morgan fingerprint density at radius 2 is 1.85 bits per heavy atom. The Balaban J connectivity index is 1.65. The van der Waals surface area contributed by atoms with Gasteiger partial charge < -0.3 is 10.1 Å². The number of aryl methyl sites for hydroxylation is 1. The Kier molecular flexibility index (Phi) is 6.13. The van der Waals surface area contributed by atoms with Crippen molar-refractivity contribution in [1.29, 1.82) is 0 Å². The van der Waals surface area contributed by atoms with Crippen LogP contribution in [0.2, 0.25) is 0 Å². The van der Waals surface area contributed by atoms with Crippen LogP contribution < -0.4 is 10.1 Å². The van der Waals surface area contributed by atoms with Gasteiger partial charge in [0.05, 0.1) is 18.9 Å². The molecule has 1 unspecified atom stereocenters. The summed E-state index contributed by atoms with van der Waals surface area (Å²) in [6.45, 7) is 3.86. The molecule has 0 spiro atoms. The molecule has 0 radical (unpaired) electrons. The topological polar surface area (TPSA) is 69.0 Å². The van der Waals surface area contributed by atoms with E-state index in [2.05, 4.69) is 15.5 Å². The number of aromatic nitrogens is 3. The molecule has 1 atom stereocenters.